The topological polar surface area (TPSA) is 127 Å². The summed E-state index contributed by atoms with van der Waals surface area (Å²) in [5.41, 5.74) is 0.584. The zero-order valence-corrected chi connectivity index (χ0v) is 19.0. The Hall–Kier alpha value is -3.68. The molecule has 8 heteroatoms. The molecule has 34 heavy (non-hydrogen) atoms. The number of ether oxygens (including phenoxy) is 2. The maximum atomic E-state index is 11.3. The van der Waals surface area contributed by atoms with E-state index in [4.69, 9.17) is 9.47 Å². The van der Waals surface area contributed by atoms with Crippen molar-refractivity contribution in [2.24, 2.45) is 0 Å². The van der Waals surface area contributed by atoms with Crippen LogP contribution >= 0.6 is 0 Å². The van der Waals surface area contributed by atoms with Gasteiger partial charge in [0.25, 0.3) is 0 Å². The highest BCUT2D eigenvalue weighted by atomic mass is 16.5. The molecule has 0 bridgehead atoms. The van der Waals surface area contributed by atoms with E-state index in [1.807, 2.05) is 0 Å². The fourth-order valence-corrected chi connectivity index (χ4v) is 3.46. The Morgan fingerprint density at radius 1 is 0.618 bits per heavy atom. The molecule has 8 nitrogen and oxygen atoms in total. The van der Waals surface area contributed by atoms with Crippen LogP contribution in [0.2, 0.25) is 0 Å². The van der Waals surface area contributed by atoms with Crippen LogP contribution in [-0.4, -0.2) is 47.9 Å². The van der Waals surface area contributed by atoms with Crippen molar-refractivity contribution < 1.29 is 38.9 Å². The second kappa shape index (κ2) is 14.5. The number of aromatic carboxylic acids is 2. The molecule has 0 aromatic heterocycles. The summed E-state index contributed by atoms with van der Waals surface area (Å²) in [5, 5.41) is 18.5. The quantitative estimate of drug-likeness (QED) is 0.236. The van der Waals surface area contributed by atoms with E-state index >= 15 is 0 Å². The van der Waals surface area contributed by atoms with E-state index in [0.29, 0.717) is 36.9 Å². The van der Waals surface area contributed by atoms with E-state index in [-0.39, 0.29) is 22.6 Å². The Morgan fingerprint density at radius 2 is 0.971 bits per heavy atom. The third kappa shape index (κ3) is 8.69. The number of carboxylic acids is 2. The molecule has 0 heterocycles. The number of carbonyl (C=O) groups excluding carboxylic acids is 2. The lowest BCUT2D eigenvalue weighted by Gasteiger charge is -2.10. The van der Waals surface area contributed by atoms with Gasteiger partial charge in [0.1, 0.15) is 35.2 Å². The molecule has 0 saturated carbocycles. The van der Waals surface area contributed by atoms with Crippen LogP contribution in [-0.2, 0) is 0 Å². The van der Waals surface area contributed by atoms with Crippen molar-refractivity contribution in [2.45, 2.75) is 51.4 Å². The van der Waals surface area contributed by atoms with Crippen LogP contribution < -0.4 is 9.47 Å². The Labute approximate surface area is 198 Å². The van der Waals surface area contributed by atoms with Gasteiger partial charge in [-0.2, -0.15) is 0 Å². The van der Waals surface area contributed by atoms with Crippen LogP contribution in [0, 0.1) is 0 Å². The maximum absolute atomic E-state index is 11.3. The number of benzene rings is 2. The van der Waals surface area contributed by atoms with Crippen LogP contribution in [0.5, 0.6) is 11.5 Å². The zero-order valence-electron chi connectivity index (χ0n) is 19.0. The van der Waals surface area contributed by atoms with Gasteiger partial charge in [-0.1, -0.05) is 38.5 Å². The van der Waals surface area contributed by atoms with Crippen LogP contribution in [0.4, 0.5) is 0 Å². The molecule has 0 unspecified atom stereocenters. The van der Waals surface area contributed by atoms with Crippen molar-refractivity contribution >= 4 is 24.5 Å². The predicted molar refractivity (Wildman–Crippen MR) is 126 cm³/mol. The Balaban J connectivity index is 1.53. The molecule has 182 valence electrons. The first-order chi connectivity index (χ1) is 16.5. The van der Waals surface area contributed by atoms with Crippen molar-refractivity contribution in [3.05, 3.63) is 58.7 Å². The van der Waals surface area contributed by atoms with Gasteiger partial charge in [0, 0.05) is 11.1 Å². The molecule has 2 N–H and O–H groups in total. The number of carbonyl (C=O) groups is 4. The van der Waals surface area contributed by atoms with Gasteiger partial charge >= 0.3 is 11.9 Å². The number of rotatable bonds is 17. The van der Waals surface area contributed by atoms with Crippen LogP contribution in [0.25, 0.3) is 0 Å². The summed E-state index contributed by atoms with van der Waals surface area (Å²) >= 11 is 0. The molecule has 0 aliphatic carbocycles. The third-order valence-corrected chi connectivity index (χ3v) is 5.29. The summed E-state index contributed by atoms with van der Waals surface area (Å²) in [7, 11) is 0. The normalized spacial score (nSPS) is 10.5. The van der Waals surface area contributed by atoms with E-state index in [0.717, 1.165) is 51.4 Å². The second-order valence-corrected chi connectivity index (χ2v) is 7.88. The number of hydrogen-bond donors (Lipinski definition) is 2. The van der Waals surface area contributed by atoms with Crippen LogP contribution in [0.3, 0.4) is 0 Å². The molecule has 0 atom stereocenters. The van der Waals surface area contributed by atoms with E-state index in [1.54, 1.807) is 0 Å². The number of hydrogen-bond acceptors (Lipinski definition) is 6. The van der Waals surface area contributed by atoms with Crippen molar-refractivity contribution in [3.8, 4) is 11.5 Å². The Kier molecular flexibility index (Phi) is 11.3. The van der Waals surface area contributed by atoms with Crippen LogP contribution in [0.15, 0.2) is 36.4 Å². The molecule has 0 fully saturated rings. The van der Waals surface area contributed by atoms with Crippen molar-refractivity contribution in [3.63, 3.8) is 0 Å². The van der Waals surface area contributed by atoms with Gasteiger partial charge in [0.05, 0.1) is 13.2 Å². The van der Waals surface area contributed by atoms with Gasteiger partial charge in [0.15, 0.2) is 0 Å². The lowest BCUT2D eigenvalue weighted by atomic mass is 10.1. The summed E-state index contributed by atoms with van der Waals surface area (Å²) in [5.74, 6) is -1.70. The van der Waals surface area contributed by atoms with E-state index in [1.165, 1.54) is 36.4 Å². The maximum Gasteiger partial charge on any atom is 0.339 e. The first-order valence-electron chi connectivity index (χ1n) is 11.4. The van der Waals surface area contributed by atoms with Gasteiger partial charge in [-0.15, -0.1) is 0 Å². The minimum absolute atomic E-state index is 0.00857. The highest BCUT2D eigenvalue weighted by Gasteiger charge is 2.13. The number of aldehydes is 2. The summed E-state index contributed by atoms with van der Waals surface area (Å²) in [4.78, 5) is 44.2. The van der Waals surface area contributed by atoms with Gasteiger partial charge in [-0.3, -0.25) is 9.59 Å². The lowest BCUT2D eigenvalue weighted by molar-refractivity contribution is 0.0680. The Bertz CT molecular complexity index is 903. The van der Waals surface area contributed by atoms with Gasteiger partial charge < -0.3 is 19.7 Å². The predicted octanol–water partition coefficient (Wildman–Crippen LogP) is 5.29. The summed E-state index contributed by atoms with van der Waals surface area (Å²) in [6.07, 6.45) is 9.09. The molecule has 2 aromatic rings. The van der Waals surface area contributed by atoms with Gasteiger partial charge in [0.2, 0.25) is 0 Å². The highest BCUT2D eigenvalue weighted by molar-refractivity contribution is 5.93. The zero-order chi connectivity index (χ0) is 24.8. The molecular weight excluding hydrogens is 440 g/mol. The fourth-order valence-electron chi connectivity index (χ4n) is 3.46. The SMILES string of the molecule is O=Cc1ccc(OCCCCCCCCCCOc2ccc(C=O)cc2C(=O)O)c(C(=O)O)c1. The highest BCUT2D eigenvalue weighted by Crippen LogP contribution is 2.21. The summed E-state index contributed by atoms with van der Waals surface area (Å²) in [6, 6.07) is 8.72. The fraction of sp³-hybridized carbons (Fsp3) is 0.385. The van der Waals surface area contributed by atoms with E-state index in [9.17, 15) is 29.4 Å². The molecular formula is C26H30O8. The van der Waals surface area contributed by atoms with Crippen molar-refractivity contribution in [2.75, 3.05) is 13.2 Å². The average molecular weight is 471 g/mol. The van der Waals surface area contributed by atoms with Crippen molar-refractivity contribution in [1.82, 2.24) is 0 Å². The molecule has 0 spiro atoms. The molecule has 0 aliphatic rings. The Morgan fingerprint density at radius 3 is 1.29 bits per heavy atom. The first kappa shape index (κ1) is 26.6. The molecule has 2 aromatic carbocycles. The summed E-state index contributed by atoms with van der Waals surface area (Å²) < 4.78 is 11.2. The minimum Gasteiger partial charge on any atom is -0.493 e. The van der Waals surface area contributed by atoms with Gasteiger partial charge in [-0.05, 0) is 49.2 Å². The second-order valence-electron chi connectivity index (χ2n) is 7.88. The van der Waals surface area contributed by atoms with E-state index < -0.39 is 11.9 Å². The van der Waals surface area contributed by atoms with Crippen molar-refractivity contribution in [1.29, 1.82) is 0 Å². The smallest absolute Gasteiger partial charge is 0.339 e. The van der Waals surface area contributed by atoms with E-state index in [2.05, 4.69) is 0 Å². The third-order valence-electron chi connectivity index (χ3n) is 5.29. The standard InChI is InChI=1S/C26H30O8/c27-17-19-9-11-23(21(15-19)25(29)30)33-13-7-5-3-1-2-4-6-8-14-34-24-12-10-20(18-28)16-22(24)26(31)32/h9-12,15-18H,1-8,13-14H2,(H,29,30)(H,31,32). The number of unbranched alkanes of at least 4 members (excludes halogenated alkanes) is 7. The van der Waals surface area contributed by atoms with Crippen LogP contribution in [0.1, 0.15) is 92.8 Å². The monoisotopic (exact) mass is 470 g/mol. The average Bonchev–Trinajstić information content (AvgIpc) is 2.84. The number of carboxylic acid groups (broad SMARTS) is 2. The van der Waals surface area contributed by atoms with Gasteiger partial charge in [-0.25, -0.2) is 9.59 Å². The lowest BCUT2D eigenvalue weighted by Crippen LogP contribution is -2.05. The molecule has 2 rings (SSSR count). The molecule has 0 saturated heterocycles. The largest absolute Gasteiger partial charge is 0.493 e. The molecule has 0 amide bonds. The minimum atomic E-state index is -1.12. The summed E-state index contributed by atoms with van der Waals surface area (Å²) in [6.45, 7) is 0.842. The molecule has 0 aliphatic heterocycles. The first-order valence-corrected chi connectivity index (χ1v) is 11.4. The molecule has 0 radical (unpaired) electrons.